The van der Waals surface area contributed by atoms with Crippen molar-refractivity contribution in [3.8, 4) is 5.75 Å². The van der Waals surface area contributed by atoms with E-state index in [4.69, 9.17) is 9.47 Å². The molecule has 2 aromatic rings. The van der Waals surface area contributed by atoms with Gasteiger partial charge in [0.05, 0.1) is 13.2 Å². The lowest BCUT2D eigenvalue weighted by Gasteiger charge is -2.09. The van der Waals surface area contributed by atoms with Crippen molar-refractivity contribution in [2.75, 3.05) is 32.2 Å². The zero-order valence-corrected chi connectivity index (χ0v) is 17.2. The SMILES string of the molecule is CCCCCCOc1ccc(C(=O)Nc2cccc(C(=O)NCCOC)c2)cc1. The first kappa shape index (κ1) is 22.4. The Hall–Kier alpha value is -2.86. The molecule has 0 aromatic heterocycles. The number of methoxy groups -OCH3 is 1. The van der Waals surface area contributed by atoms with Gasteiger partial charge in [0.1, 0.15) is 5.75 Å². The molecule has 2 aromatic carbocycles. The maximum atomic E-state index is 12.5. The lowest BCUT2D eigenvalue weighted by Crippen LogP contribution is -2.27. The maximum Gasteiger partial charge on any atom is 0.255 e. The molecule has 0 saturated carbocycles. The quantitative estimate of drug-likeness (QED) is 0.524. The van der Waals surface area contributed by atoms with Crippen LogP contribution in [-0.2, 0) is 4.74 Å². The summed E-state index contributed by atoms with van der Waals surface area (Å²) in [6.07, 6.45) is 4.62. The van der Waals surface area contributed by atoms with Crippen molar-refractivity contribution in [1.82, 2.24) is 5.32 Å². The van der Waals surface area contributed by atoms with Crippen molar-refractivity contribution in [2.24, 2.45) is 0 Å². The molecule has 0 saturated heterocycles. The molecule has 0 radical (unpaired) electrons. The summed E-state index contributed by atoms with van der Waals surface area (Å²) in [7, 11) is 1.58. The number of amides is 2. The third kappa shape index (κ3) is 7.95. The monoisotopic (exact) mass is 398 g/mol. The molecule has 0 aliphatic heterocycles. The molecule has 2 amide bonds. The first-order valence-corrected chi connectivity index (χ1v) is 10.1. The summed E-state index contributed by atoms with van der Waals surface area (Å²) in [6, 6.07) is 13.9. The number of carbonyl (C=O) groups is 2. The Bertz CT molecular complexity index is 775. The average Bonchev–Trinajstić information content (AvgIpc) is 2.74. The summed E-state index contributed by atoms with van der Waals surface area (Å²) in [4.78, 5) is 24.6. The van der Waals surface area contributed by atoms with Gasteiger partial charge in [-0.2, -0.15) is 0 Å². The van der Waals surface area contributed by atoms with Gasteiger partial charge in [0.15, 0.2) is 0 Å². The Morgan fingerprint density at radius 3 is 2.41 bits per heavy atom. The van der Waals surface area contributed by atoms with Crippen LogP contribution in [0, 0.1) is 0 Å². The van der Waals surface area contributed by atoms with Crippen LogP contribution < -0.4 is 15.4 Å². The molecule has 0 atom stereocenters. The van der Waals surface area contributed by atoms with Crippen LogP contribution in [-0.4, -0.2) is 38.7 Å². The predicted octanol–water partition coefficient (Wildman–Crippen LogP) is 4.27. The number of ether oxygens (including phenoxy) is 2. The van der Waals surface area contributed by atoms with Crippen LogP contribution >= 0.6 is 0 Å². The molecule has 0 bridgehead atoms. The summed E-state index contributed by atoms with van der Waals surface area (Å²) >= 11 is 0. The number of carbonyl (C=O) groups excluding carboxylic acids is 2. The molecule has 6 heteroatoms. The Morgan fingerprint density at radius 2 is 1.69 bits per heavy atom. The standard InChI is InChI=1S/C23H30N2O4/c1-3-4-5-6-15-29-21-12-10-18(11-13-21)23(27)25-20-9-7-8-19(17-20)22(26)24-14-16-28-2/h7-13,17H,3-6,14-16H2,1-2H3,(H,24,26)(H,25,27). The fourth-order valence-electron chi connectivity index (χ4n) is 2.73. The summed E-state index contributed by atoms with van der Waals surface area (Å²) < 4.78 is 10.6. The fraction of sp³-hybridized carbons (Fsp3) is 0.391. The second kappa shape index (κ2) is 12.6. The van der Waals surface area contributed by atoms with E-state index in [-0.39, 0.29) is 11.8 Å². The highest BCUT2D eigenvalue weighted by molar-refractivity contribution is 6.05. The van der Waals surface area contributed by atoms with E-state index in [2.05, 4.69) is 17.6 Å². The highest BCUT2D eigenvalue weighted by Gasteiger charge is 2.09. The summed E-state index contributed by atoms with van der Waals surface area (Å²) in [5.74, 6) is 0.308. The van der Waals surface area contributed by atoms with E-state index >= 15 is 0 Å². The van der Waals surface area contributed by atoms with Crippen molar-refractivity contribution in [3.63, 3.8) is 0 Å². The van der Waals surface area contributed by atoms with Crippen LogP contribution in [0.3, 0.4) is 0 Å². The second-order valence-corrected chi connectivity index (χ2v) is 6.72. The number of benzene rings is 2. The molecule has 0 aliphatic rings. The first-order valence-electron chi connectivity index (χ1n) is 10.1. The lowest BCUT2D eigenvalue weighted by molar-refractivity contribution is 0.0936. The van der Waals surface area contributed by atoms with Gasteiger partial charge in [0.25, 0.3) is 11.8 Å². The van der Waals surface area contributed by atoms with Crippen LogP contribution in [0.5, 0.6) is 5.75 Å². The van der Waals surface area contributed by atoms with Crippen molar-refractivity contribution >= 4 is 17.5 Å². The first-order chi connectivity index (χ1) is 14.1. The largest absolute Gasteiger partial charge is 0.494 e. The number of hydrogen-bond donors (Lipinski definition) is 2. The molecule has 0 fully saturated rings. The third-order valence-corrected chi connectivity index (χ3v) is 4.36. The Labute approximate surface area is 172 Å². The summed E-state index contributed by atoms with van der Waals surface area (Å²) in [5, 5.41) is 5.58. The molecular formula is C23H30N2O4. The van der Waals surface area contributed by atoms with Crippen LogP contribution in [0.2, 0.25) is 0 Å². The van der Waals surface area contributed by atoms with Crippen LogP contribution in [0.15, 0.2) is 48.5 Å². The van der Waals surface area contributed by atoms with Gasteiger partial charge in [-0.3, -0.25) is 9.59 Å². The van der Waals surface area contributed by atoms with Gasteiger partial charge >= 0.3 is 0 Å². The second-order valence-electron chi connectivity index (χ2n) is 6.72. The van der Waals surface area contributed by atoms with Gasteiger partial charge in [0.2, 0.25) is 0 Å². The lowest BCUT2D eigenvalue weighted by atomic mass is 10.1. The van der Waals surface area contributed by atoms with E-state index in [1.54, 1.807) is 55.6 Å². The Kier molecular flexibility index (Phi) is 9.72. The number of unbranched alkanes of at least 4 members (excludes halogenated alkanes) is 3. The van der Waals surface area contributed by atoms with E-state index < -0.39 is 0 Å². The average molecular weight is 399 g/mol. The Morgan fingerprint density at radius 1 is 0.897 bits per heavy atom. The van der Waals surface area contributed by atoms with Gasteiger partial charge < -0.3 is 20.1 Å². The van der Waals surface area contributed by atoms with Crippen molar-refractivity contribution in [2.45, 2.75) is 32.6 Å². The highest BCUT2D eigenvalue weighted by Crippen LogP contribution is 2.16. The molecule has 2 rings (SSSR count). The van der Waals surface area contributed by atoms with Gasteiger partial charge in [0, 0.05) is 30.5 Å². The number of nitrogens with one attached hydrogen (secondary N) is 2. The summed E-state index contributed by atoms with van der Waals surface area (Å²) in [5.41, 5.74) is 1.56. The normalized spacial score (nSPS) is 10.4. The van der Waals surface area contributed by atoms with E-state index in [0.29, 0.717) is 36.6 Å². The molecule has 29 heavy (non-hydrogen) atoms. The molecule has 0 aliphatic carbocycles. The van der Waals surface area contributed by atoms with Gasteiger partial charge in [-0.25, -0.2) is 0 Å². The number of anilines is 1. The smallest absolute Gasteiger partial charge is 0.255 e. The minimum Gasteiger partial charge on any atom is -0.494 e. The van der Waals surface area contributed by atoms with Crippen molar-refractivity contribution in [1.29, 1.82) is 0 Å². The van der Waals surface area contributed by atoms with Crippen LogP contribution in [0.1, 0.15) is 53.3 Å². The topological polar surface area (TPSA) is 76.7 Å². The van der Waals surface area contributed by atoms with E-state index in [1.807, 2.05) is 0 Å². The fourth-order valence-corrected chi connectivity index (χ4v) is 2.73. The zero-order chi connectivity index (χ0) is 20.9. The predicted molar refractivity (Wildman–Crippen MR) is 115 cm³/mol. The van der Waals surface area contributed by atoms with Crippen LogP contribution in [0.4, 0.5) is 5.69 Å². The Balaban J connectivity index is 1.88. The van der Waals surface area contributed by atoms with Crippen LogP contribution in [0.25, 0.3) is 0 Å². The van der Waals surface area contributed by atoms with Gasteiger partial charge in [-0.05, 0) is 48.9 Å². The third-order valence-electron chi connectivity index (χ3n) is 4.36. The number of hydrogen-bond acceptors (Lipinski definition) is 4. The van der Waals surface area contributed by atoms with Crippen molar-refractivity contribution < 1.29 is 19.1 Å². The minimum atomic E-state index is -0.239. The van der Waals surface area contributed by atoms with Crippen molar-refractivity contribution in [3.05, 3.63) is 59.7 Å². The van der Waals surface area contributed by atoms with E-state index in [9.17, 15) is 9.59 Å². The van der Waals surface area contributed by atoms with E-state index in [0.717, 1.165) is 12.2 Å². The van der Waals surface area contributed by atoms with Gasteiger partial charge in [-0.1, -0.05) is 32.3 Å². The van der Waals surface area contributed by atoms with Gasteiger partial charge in [-0.15, -0.1) is 0 Å². The molecule has 156 valence electrons. The minimum absolute atomic E-state index is 0.210. The van der Waals surface area contributed by atoms with E-state index in [1.165, 1.54) is 19.3 Å². The summed E-state index contributed by atoms with van der Waals surface area (Å²) in [6.45, 7) is 3.74. The number of rotatable bonds is 12. The molecule has 0 unspecified atom stereocenters. The zero-order valence-electron chi connectivity index (χ0n) is 17.2. The molecule has 6 nitrogen and oxygen atoms in total. The molecule has 2 N–H and O–H groups in total. The highest BCUT2D eigenvalue weighted by atomic mass is 16.5. The molecule has 0 heterocycles. The molecule has 0 spiro atoms. The molecular weight excluding hydrogens is 368 g/mol. The maximum absolute atomic E-state index is 12.5.